The number of rotatable bonds is 5. The maximum atomic E-state index is 13.6. The summed E-state index contributed by atoms with van der Waals surface area (Å²) >= 11 is 5.92. The molecule has 1 fully saturated rings. The number of fused-ring (bicyclic) bond motifs is 1. The lowest BCUT2D eigenvalue weighted by Crippen LogP contribution is -2.48. The van der Waals surface area contributed by atoms with Crippen molar-refractivity contribution in [1.29, 1.82) is 0 Å². The van der Waals surface area contributed by atoms with Crippen molar-refractivity contribution in [3.05, 3.63) is 75.9 Å². The number of hydrogen-bond donors (Lipinski definition) is 3. The molecule has 2 aromatic rings. The van der Waals surface area contributed by atoms with E-state index in [2.05, 4.69) is 10.8 Å². The van der Waals surface area contributed by atoms with Gasteiger partial charge in [-0.3, -0.25) is 9.74 Å². The van der Waals surface area contributed by atoms with Gasteiger partial charge in [-0.1, -0.05) is 29.8 Å². The molecule has 0 aromatic heterocycles. The van der Waals surface area contributed by atoms with Crippen LogP contribution < -0.4 is 10.8 Å². The minimum absolute atomic E-state index is 0.0129. The van der Waals surface area contributed by atoms with Crippen LogP contribution in [-0.2, 0) is 17.9 Å². The molecule has 1 saturated heterocycles. The van der Waals surface area contributed by atoms with Gasteiger partial charge in [0.1, 0.15) is 11.6 Å². The Balaban J connectivity index is 1.28. The lowest BCUT2D eigenvalue weighted by Gasteiger charge is -2.27. The van der Waals surface area contributed by atoms with Crippen LogP contribution in [0.1, 0.15) is 23.1 Å². The van der Waals surface area contributed by atoms with Crippen LogP contribution in [0.25, 0.3) is 6.08 Å². The van der Waals surface area contributed by atoms with Crippen molar-refractivity contribution in [2.24, 2.45) is 0 Å². The molecule has 2 aromatic carbocycles. The van der Waals surface area contributed by atoms with Crippen LogP contribution >= 0.6 is 11.6 Å². The minimum atomic E-state index is -0.836. The predicted molar refractivity (Wildman–Crippen MR) is 120 cm³/mol. The fourth-order valence-corrected chi connectivity index (χ4v) is 4.10. The molecule has 0 bridgehead atoms. The van der Waals surface area contributed by atoms with Gasteiger partial charge in [-0.2, -0.15) is 0 Å². The van der Waals surface area contributed by atoms with Crippen molar-refractivity contribution in [3.8, 4) is 0 Å². The van der Waals surface area contributed by atoms with Gasteiger partial charge in [0.25, 0.3) is 0 Å². The molecule has 0 spiro atoms. The summed E-state index contributed by atoms with van der Waals surface area (Å²) in [6, 6.07) is 6.94. The van der Waals surface area contributed by atoms with E-state index in [1.54, 1.807) is 18.2 Å². The van der Waals surface area contributed by atoms with Crippen LogP contribution in [0.4, 0.5) is 18.4 Å². The summed E-state index contributed by atoms with van der Waals surface area (Å²) in [7, 11) is 0. The van der Waals surface area contributed by atoms with Gasteiger partial charge in [-0.25, -0.2) is 23.9 Å². The molecule has 0 aliphatic carbocycles. The highest BCUT2D eigenvalue weighted by Crippen LogP contribution is 2.22. The molecule has 2 heterocycles. The largest absolute Gasteiger partial charge is 0.391 e. The molecule has 0 unspecified atom stereocenters. The number of amides is 4. The Morgan fingerprint density at radius 3 is 2.85 bits per heavy atom. The first-order valence-electron chi connectivity index (χ1n) is 10.6. The maximum absolute atomic E-state index is 13.6. The Hall–Kier alpha value is -3.21. The fraction of sp³-hybridized carbons (Fsp3) is 0.304. The zero-order valence-corrected chi connectivity index (χ0v) is 18.8. The first-order valence-corrected chi connectivity index (χ1v) is 11.0. The van der Waals surface area contributed by atoms with Crippen molar-refractivity contribution in [2.45, 2.75) is 31.7 Å². The van der Waals surface area contributed by atoms with E-state index in [-0.39, 0.29) is 37.1 Å². The van der Waals surface area contributed by atoms with Gasteiger partial charge in [0.05, 0.1) is 30.3 Å². The summed E-state index contributed by atoms with van der Waals surface area (Å²) in [4.78, 5) is 33.1. The number of carbonyl (C=O) groups is 2. The lowest BCUT2D eigenvalue weighted by atomic mass is 10.0. The highest BCUT2D eigenvalue weighted by atomic mass is 35.5. The Kier molecular flexibility index (Phi) is 7.30. The third-order valence-corrected chi connectivity index (χ3v) is 6.21. The van der Waals surface area contributed by atoms with Gasteiger partial charge < -0.3 is 15.3 Å². The SMILES string of the molecule is O=C(NOC[C@@H]1[C@@H](O)CCN1C(=O)NCc1cccc(F)c1Cl)N1C=Cc2cc(F)ccc2C1. The third-order valence-electron chi connectivity index (χ3n) is 5.79. The first-order chi connectivity index (χ1) is 16.3. The number of benzene rings is 2. The van der Waals surface area contributed by atoms with E-state index in [1.165, 1.54) is 40.3 Å². The Morgan fingerprint density at radius 2 is 2.03 bits per heavy atom. The van der Waals surface area contributed by atoms with E-state index in [4.69, 9.17) is 16.4 Å². The first kappa shape index (κ1) is 23.9. The number of nitrogens with zero attached hydrogens (tertiary/aromatic N) is 2. The zero-order valence-electron chi connectivity index (χ0n) is 18.0. The van der Waals surface area contributed by atoms with Crippen molar-refractivity contribution in [1.82, 2.24) is 20.6 Å². The quantitative estimate of drug-likeness (QED) is 0.558. The summed E-state index contributed by atoms with van der Waals surface area (Å²) < 4.78 is 26.9. The van der Waals surface area contributed by atoms with E-state index < -0.39 is 30.0 Å². The summed E-state index contributed by atoms with van der Waals surface area (Å²) in [5.41, 5.74) is 4.21. The van der Waals surface area contributed by atoms with Crippen LogP contribution in [0.3, 0.4) is 0 Å². The molecule has 4 rings (SSSR count). The van der Waals surface area contributed by atoms with Crippen molar-refractivity contribution in [3.63, 3.8) is 0 Å². The third kappa shape index (κ3) is 5.30. The van der Waals surface area contributed by atoms with Gasteiger partial charge in [0.2, 0.25) is 0 Å². The van der Waals surface area contributed by atoms with Crippen LogP contribution in [-0.4, -0.2) is 52.3 Å². The second kappa shape index (κ2) is 10.4. The number of urea groups is 2. The van der Waals surface area contributed by atoms with Gasteiger partial charge in [-0.05, 0) is 47.4 Å². The number of likely N-dealkylation sites (tertiary alicyclic amines) is 1. The van der Waals surface area contributed by atoms with E-state index in [0.717, 1.165) is 5.56 Å². The molecular weight excluding hydrogens is 470 g/mol. The highest BCUT2D eigenvalue weighted by Gasteiger charge is 2.36. The average molecular weight is 493 g/mol. The van der Waals surface area contributed by atoms with E-state index in [9.17, 15) is 23.5 Å². The van der Waals surface area contributed by atoms with Crippen LogP contribution in [0, 0.1) is 11.6 Å². The number of nitrogens with one attached hydrogen (secondary N) is 2. The number of hydroxylamine groups is 1. The Bertz CT molecular complexity index is 1120. The standard InChI is InChI=1S/C23H23ClF2N4O4/c24-21-15(2-1-3-18(21)26)11-27-22(32)30-9-7-20(31)19(30)13-34-28-23(33)29-8-6-14-10-17(25)5-4-16(14)12-29/h1-6,8,10,19-20,31H,7,9,11-13H2,(H,27,32)(H,28,33)/t19-,20+/m1/s1. The van der Waals surface area contributed by atoms with Gasteiger partial charge in [-0.15, -0.1) is 0 Å². The van der Waals surface area contributed by atoms with Crippen LogP contribution in [0.5, 0.6) is 0 Å². The van der Waals surface area contributed by atoms with Crippen LogP contribution in [0.2, 0.25) is 5.02 Å². The molecule has 180 valence electrons. The molecule has 0 saturated carbocycles. The van der Waals surface area contributed by atoms with E-state index in [0.29, 0.717) is 17.5 Å². The van der Waals surface area contributed by atoms with Crippen molar-refractivity contribution in [2.75, 3.05) is 13.2 Å². The molecule has 3 N–H and O–H groups in total. The Morgan fingerprint density at radius 1 is 1.21 bits per heavy atom. The molecule has 0 radical (unpaired) electrons. The maximum Gasteiger partial charge on any atom is 0.345 e. The molecule has 11 heteroatoms. The van der Waals surface area contributed by atoms with E-state index in [1.807, 2.05) is 0 Å². The summed E-state index contributed by atoms with van der Waals surface area (Å²) in [5.74, 6) is -0.932. The lowest BCUT2D eigenvalue weighted by molar-refractivity contribution is -0.000574. The number of aliphatic hydroxyl groups is 1. The monoisotopic (exact) mass is 492 g/mol. The van der Waals surface area contributed by atoms with Gasteiger partial charge in [0, 0.05) is 19.3 Å². The molecule has 34 heavy (non-hydrogen) atoms. The summed E-state index contributed by atoms with van der Waals surface area (Å²) in [5, 5.41) is 12.9. The summed E-state index contributed by atoms with van der Waals surface area (Å²) in [6.45, 7) is 0.401. The molecular formula is C23H23ClF2N4O4. The molecule has 4 amide bonds. The highest BCUT2D eigenvalue weighted by molar-refractivity contribution is 6.31. The smallest absolute Gasteiger partial charge is 0.345 e. The average Bonchev–Trinajstić information content (AvgIpc) is 3.19. The number of carbonyl (C=O) groups excluding carboxylic acids is 2. The minimum Gasteiger partial charge on any atom is -0.391 e. The molecule has 2 aliphatic heterocycles. The predicted octanol–water partition coefficient (Wildman–Crippen LogP) is 3.39. The van der Waals surface area contributed by atoms with Crippen molar-refractivity contribution < 1.29 is 28.3 Å². The molecule has 2 aliphatic rings. The van der Waals surface area contributed by atoms with Gasteiger partial charge in [0.15, 0.2) is 0 Å². The second-order valence-electron chi connectivity index (χ2n) is 7.99. The summed E-state index contributed by atoms with van der Waals surface area (Å²) in [6.07, 6.45) is 2.65. The van der Waals surface area contributed by atoms with Crippen molar-refractivity contribution >= 4 is 29.7 Å². The van der Waals surface area contributed by atoms with E-state index >= 15 is 0 Å². The Labute approximate surface area is 199 Å². The normalized spacial score (nSPS) is 19.2. The number of hydrogen-bond acceptors (Lipinski definition) is 4. The molecule has 2 atom stereocenters. The molecule has 8 nitrogen and oxygen atoms in total. The number of halogens is 3. The zero-order chi connectivity index (χ0) is 24.2. The van der Waals surface area contributed by atoms with Crippen LogP contribution in [0.15, 0.2) is 42.6 Å². The topological polar surface area (TPSA) is 94.1 Å². The second-order valence-corrected chi connectivity index (χ2v) is 8.37. The fourth-order valence-electron chi connectivity index (χ4n) is 3.91. The number of aliphatic hydroxyl groups excluding tert-OH is 1. The van der Waals surface area contributed by atoms with Gasteiger partial charge >= 0.3 is 12.1 Å².